The number of benzene rings is 1. The van der Waals surface area contributed by atoms with Crippen LogP contribution in [0.5, 0.6) is 0 Å². The molecule has 1 aliphatic rings. The number of carbonyl (C=O) groups is 1. The van der Waals surface area contributed by atoms with E-state index in [9.17, 15) is 13.2 Å². The van der Waals surface area contributed by atoms with Crippen LogP contribution in [0.4, 0.5) is 5.69 Å². The molecule has 5 nitrogen and oxygen atoms in total. The molecule has 0 radical (unpaired) electrons. The van der Waals surface area contributed by atoms with Crippen LogP contribution in [-0.2, 0) is 10.0 Å². The van der Waals surface area contributed by atoms with E-state index in [1.807, 2.05) is 0 Å². The first-order valence-corrected chi connectivity index (χ1v) is 11.2. The van der Waals surface area contributed by atoms with Gasteiger partial charge in [0.05, 0.1) is 3.79 Å². The smallest absolute Gasteiger partial charge is 0.271 e. The minimum Gasteiger partial charge on any atom is -0.349 e. The number of nitrogens with one attached hydrogen (secondary N) is 2. The van der Waals surface area contributed by atoms with Crippen molar-refractivity contribution < 1.29 is 13.2 Å². The molecule has 0 bridgehead atoms. The molecule has 0 spiro atoms. The number of rotatable bonds is 5. The Morgan fingerprint density at radius 3 is 2.32 bits per heavy atom. The normalized spacial score (nSPS) is 15.7. The van der Waals surface area contributed by atoms with Gasteiger partial charge in [0.1, 0.15) is 4.21 Å². The Balaban J connectivity index is 1.64. The molecule has 1 amide bonds. The summed E-state index contributed by atoms with van der Waals surface area (Å²) in [6.45, 7) is 0. The van der Waals surface area contributed by atoms with Crippen molar-refractivity contribution in [2.75, 3.05) is 4.72 Å². The number of hydrogen-bond donors (Lipinski definition) is 2. The highest BCUT2D eigenvalue weighted by molar-refractivity contribution is 9.11. The zero-order valence-electron chi connectivity index (χ0n) is 13.5. The van der Waals surface area contributed by atoms with E-state index in [1.165, 1.54) is 6.42 Å². The lowest BCUT2D eigenvalue weighted by atomic mass is 9.95. The number of sulfonamides is 1. The van der Waals surface area contributed by atoms with Gasteiger partial charge >= 0.3 is 0 Å². The minimum absolute atomic E-state index is 0.108. The first-order chi connectivity index (χ1) is 11.9. The average molecular weight is 443 g/mol. The van der Waals surface area contributed by atoms with Gasteiger partial charge in [-0.25, -0.2) is 8.42 Å². The molecule has 3 rings (SSSR count). The Kier molecular flexibility index (Phi) is 5.81. The van der Waals surface area contributed by atoms with Crippen LogP contribution in [0.2, 0.25) is 0 Å². The predicted molar refractivity (Wildman–Crippen MR) is 104 cm³/mol. The van der Waals surface area contributed by atoms with Crippen LogP contribution in [0.3, 0.4) is 0 Å². The summed E-state index contributed by atoms with van der Waals surface area (Å²) in [5.74, 6) is -0.108. The van der Waals surface area contributed by atoms with Crippen molar-refractivity contribution in [1.82, 2.24) is 5.32 Å². The second-order valence-corrected chi connectivity index (χ2v) is 10.4. The number of hydrogen-bond acceptors (Lipinski definition) is 4. The van der Waals surface area contributed by atoms with E-state index >= 15 is 0 Å². The van der Waals surface area contributed by atoms with Gasteiger partial charge in [-0.1, -0.05) is 19.3 Å². The van der Waals surface area contributed by atoms with Crippen molar-refractivity contribution in [3.05, 3.63) is 45.7 Å². The van der Waals surface area contributed by atoms with Crippen LogP contribution >= 0.6 is 27.3 Å². The van der Waals surface area contributed by atoms with E-state index in [4.69, 9.17) is 0 Å². The summed E-state index contributed by atoms with van der Waals surface area (Å²) in [7, 11) is -3.61. The first-order valence-electron chi connectivity index (χ1n) is 8.13. The third-order valence-corrected chi connectivity index (χ3v) is 7.65. The van der Waals surface area contributed by atoms with E-state index < -0.39 is 10.0 Å². The summed E-state index contributed by atoms with van der Waals surface area (Å²) in [6.07, 6.45) is 5.61. The van der Waals surface area contributed by atoms with Gasteiger partial charge in [-0.3, -0.25) is 9.52 Å². The maximum Gasteiger partial charge on any atom is 0.271 e. The van der Waals surface area contributed by atoms with Crippen LogP contribution in [-0.4, -0.2) is 20.4 Å². The zero-order valence-corrected chi connectivity index (χ0v) is 16.7. The van der Waals surface area contributed by atoms with Crippen LogP contribution in [0.15, 0.2) is 44.4 Å². The maximum atomic E-state index is 12.3. The van der Waals surface area contributed by atoms with Gasteiger partial charge in [-0.05, 0) is 65.2 Å². The van der Waals surface area contributed by atoms with Crippen molar-refractivity contribution in [3.8, 4) is 0 Å². The highest BCUT2D eigenvalue weighted by Crippen LogP contribution is 2.27. The van der Waals surface area contributed by atoms with Gasteiger partial charge in [0.15, 0.2) is 0 Å². The average Bonchev–Trinajstić information content (AvgIpc) is 3.03. The maximum absolute atomic E-state index is 12.3. The van der Waals surface area contributed by atoms with Crippen LogP contribution in [0.1, 0.15) is 42.5 Å². The Morgan fingerprint density at radius 1 is 1.04 bits per heavy atom. The van der Waals surface area contributed by atoms with Crippen molar-refractivity contribution in [2.45, 2.75) is 42.4 Å². The molecular weight excluding hydrogens is 424 g/mol. The molecule has 2 aromatic rings. The summed E-state index contributed by atoms with van der Waals surface area (Å²) >= 11 is 4.40. The Bertz CT molecular complexity index is 841. The highest BCUT2D eigenvalue weighted by Gasteiger charge is 2.18. The fraction of sp³-hybridized carbons (Fsp3) is 0.353. The van der Waals surface area contributed by atoms with Gasteiger partial charge in [0, 0.05) is 17.3 Å². The summed E-state index contributed by atoms with van der Waals surface area (Å²) in [4.78, 5) is 12.3. The van der Waals surface area contributed by atoms with Crippen molar-refractivity contribution in [2.24, 2.45) is 0 Å². The highest BCUT2D eigenvalue weighted by atomic mass is 79.9. The van der Waals surface area contributed by atoms with Gasteiger partial charge in [0.2, 0.25) is 0 Å². The van der Waals surface area contributed by atoms with Gasteiger partial charge < -0.3 is 5.32 Å². The SMILES string of the molecule is O=C(NC1CCCCC1)c1ccc(NS(=O)(=O)c2ccc(Br)s2)cc1. The molecule has 0 aliphatic heterocycles. The lowest BCUT2D eigenvalue weighted by Crippen LogP contribution is -2.36. The summed E-state index contributed by atoms with van der Waals surface area (Å²) in [5, 5.41) is 3.05. The van der Waals surface area contributed by atoms with Crippen LogP contribution in [0.25, 0.3) is 0 Å². The molecule has 1 aromatic carbocycles. The molecule has 1 heterocycles. The molecule has 0 atom stereocenters. The van der Waals surface area contributed by atoms with E-state index in [0.29, 0.717) is 11.3 Å². The van der Waals surface area contributed by atoms with E-state index in [1.54, 1.807) is 36.4 Å². The number of amides is 1. The Labute approximate surface area is 160 Å². The molecule has 25 heavy (non-hydrogen) atoms. The fourth-order valence-electron chi connectivity index (χ4n) is 2.85. The standard InChI is InChI=1S/C17H19BrN2O3S2/c18-15-10-11-16(24-15)25(22,23)20-14-8-6-12(7-9-14)17(21)19-13-4-2-1-3-5-13/h6-11,13,20H,1-5H2,(H,19,21). The molecule has 0 unspecified atom stereocenters. The second kappa shape index (κ2) is 7.88. The number of halogens is 1. The zero-order chi connectivity index (χ0) is 17.9. The second-order valence-electron chi connectivity index (χ2n) is 6.05. The van der Waals surface area contributed by atoms with E-state index in [0.717, 1.165) is 40.8 Å². The summed E-state index contributed by atoms with van der Waals surface area (Å²) in [5.41, 5.74) is 0.964. The molecule has 1 saturated carbocycles. The third-order valence-electron chi connectivity index (χ3n) is 4.15. The molecule has 1 aromatic heterocycles. The number of carbonyl (C=O) groups excluding carboxylic acids is 1. The minimum atomic E-state index is -3.61. The fourth-order valence-corrected chi connectivity index (χ4v) is 5.92. The van der Waals surface area contributed by atoms with Gasteiger partial charge in [-0.2, -0.15) is 0 Å². The molecule has 2 N–H and O–H groups in total. The molecule has 1 aliphatic carbocycles. The van der Waals surface area contributed by atoms with Crippen molar-refractivity contribution >= 4 is 48.9 Å². The first kappa shape index (κ1) is 18.4. The quantitative estimate of drug-likeness (QED) is 0.721. The van der Waals surface area contributed by atoms with E-state index in [2.05, 4.69) is 26.0 Å². The lowest BCUT2D eigenvalue weighted by molar-refractivity contribution is 0.0927. The monoisotopic (exact) mass is 442 g/mol. The topological polar surface area (TPSA) is 75.3 Å². The van der Waals surface area contributed by atoms with Crippen LogP contribution < -0.4 is 10.0 Å². The number of thiophene rings is 1. The van der Waals surface area contributed by atoms with Gasteiger partial charge in [0.25, 0.3) is 15.9 Å². The molecule has 0 saturated heterocycles. The van der Waals surface area contributed by atoms with Crippen LogP contribution in [0, 0.1) is 0 Å². The van der Waals surface area contributed by atoms with Crippen molar-refractivity contribution in [1.29, 1.82) is 0 Å². The Morgan fingerprint density at radius 2 is 1.72 bits per heavy atom. The molecule has 1 fully saturated rings. The lowest BCUT2D eigenvalue weighted by Gasteiger charge is -2.22. The van der Waals surface area contributed by atoms with Crippen molar-refractivity contribution in [3.63, 3.8) is 0 Å². The van der Waals surface area contributed by atoms with E-state index in [-0.39, 0.29) is 16.2 Å². The Hall–Kier alpha value is -1.38. The predicted octanol–water partition coefficient (Wildman–Crippen LogP) is 4.37. The molecular formula is C17H19BrN2O3S2. The molecule has 134 valence electrons. The summed E-state index contributed by atoms with van der Waals surface area (Å²) < 4.78 is 28.1. The summed E-state index contributed by atoms with van der Waals surface area (Å²) in [6, 6.07) is 9.98. The molecule has 8 heteroatoms. The third kappa shape index (κ3) is 4.83. The largest absolute Gasteiger partial charge is 0.349 e. The van der Waals surface area contributed by atoms with Gasteiger partial charge in [-0.15, -0.1) is 11.3 Å². The number of anilines is 1.